The summed E-state index contributed by atoms with van der Waals surface area (Å²) in [5, 5.41) is 10.9. The number of fused-ring (bicyclic) bond motifs is 1. The molecule has 0 bridgehead atoms. The molecule has 0 unspecified atom stereocenters. The van der Waals surface area contributed by atoms with Gasteiger partial charge >= 0.3 is 5.97 Å². The SMILES string of the molecule is O=C(O)CC(=O)NCc1cccc2c1OCO2. The fraction of sp³-hybridized carbons (Fsp3) is 0.273. The number of benzene rings is 1. The van der Waals surface area contributed by atoms with E-state index >= 15 is 0 Å². The van der Waals surface area contributed by atoms with Crippen molar-refractivity contribution in [3.05, 3.63) is 23.8 Å². The zero-order valence-electron chi connectivity index (χ0n) is 8.93. The molecule has 0 saturated carbocycles. The Balaban J connectivity index is 1.98. The molecule has 1 amide bonds. The molecular weight excluding hydrogens is 226 g/mol. The minimum Gasteiger partial charge on any atom is -0.481 e. The maximum absolute atomic E-state index is 11.2. The van der Waals surface area contributed by atoms with E-state index in [1.807, 2.05) is 0 Å². The second-order valence-electron chi connectivity index (χ2n) is 3.50. The van der Waals surface area contributed by atoms with Crippen molar-refractivity contribution in [2.45, 2.75) is 13.0 Å². The van der Waals surface area contributed by atoms with Crippen LogP contribution in [0.25, 0.3) is 0 Å². The van der Waals surface area contributed by atoms with Gasteiger partial charge in [0.15, 0.2) is 11.5 Å². The maximum Gasteiger partial charge on any atom is 0.312 e. The minimum atomic E-state index is -1.15. The number of aliphatic carboxylic acids is 1. The first kappa shape index (κ1) is 11.3. The number of nitrogens with one attached hydrogen (secondary N) is 1. The molecule has 0 spiro atoms. The topological polar surface area (TPSA) is 84.9 Å². The van der Waals surface area contributed by atoms with Crippen LogP contribution in [-0.4, -0.2) is 23.8 Å². The third kappa shape index (κ3) is 2.66. The summed E-state index contributed by atoms with van der Waals surface area (Å²) in [5.74, 6) is -0.451. The van der Waals surface area contributed by atoms with E-state index in [9.17, 15) is 9.59 Å². The summed E-state index contributed by atoms with van der Waals surface area (Å²) in [5.41, 5.74) is 0.763. The fourth-order valence-corrected chi connectivity index (χ4v) is 1.52. The van der Waals surface area contributed by atoms with E-state index in [1.54, 1.807) is 18.2 Å². The van der Waals surface area contributed by atoms with Crippen molar-refractivity contribution >= 4 is 11.9 Å². The molecule has 6 heteroatoms. The number of carbonyl (C=O) groups is 2. The first-order chi connectivity index (χ1) is 8.16. The molecule has 0 saturated heterocycles. The Kier molecular flexibility index (Phi) is 3.13. The minimum absolute atomic E-state index is 0.162. The molecule has 1 aliphatic rings. The smallest absolute Gasteiger partial charge is 0.312 e. The lowest BCUT2D eigenvalue weighted by Crippen LogP contribution is -2.25. The Hall–Kier alpha value is -2.24. The van der Waals surface area contributed by atoms with Gasteiger partial charge in [-0.15, -0.1) is 0 Å². The molecule has 2 N–H and O–H groups in total. The molecule has 1 aliphatic heterocycles. The van der Waals surface area contributed by atoms with E-state index in [2.05, 4.69) is 5.32 Å². The number of carboxylic acid groups (broad SMARTS) is 1. The number of para-hydroxylation sites is 1. The van der Waals surface area contributed by atoms with Gasteiger partial charge in [0.1, 0.15) is 6.42 Å². The zero-order valence-corrected chi connectivity index (χ0v) is 8.93. The molecule has 0 radical (unpaired) electrons. The Bertz CT molecular complexity index is 457. The summed E-state index contributed by atoms with van der Waals surface area (Å²) in [7, 11) is 0. The number of amides is 1. The predicted molar refractivity (Wildman–Crippen MR) is 56.7 cm³/mol. The van der Waals surface area contributed by atoms with E-state index in [-0.39, 0.29) is 13.3 Å². The van der Waals surface area contributed by atoms with Gasteiger partial charge in [0.05, 0.1) is 0 Å². The van der Waals surface area contributed by atoms with Gasteiger partial charge in [-0.3, -0.25) is 9.59 Å². The summed E-state index contributed by atoms with van der Waals surface area (Å²) in [6, 6.07) is 5.34. The molecule has 1 aromatic carbocycles. The second-order valence-corrected chi connectivity index (χ2v) is 3.50. The van der Waals surface area contributed by atoms with Gasteiger partial charge in [-0.25, -0.2) is 0 Å². The van der Waals surface area contributed by atoms with Crippen LogP contribution in [0.15, 0.2) is 18.2 Å². The van der Waals surface area contributed by atoms with E-state index in [0.29, 0.717) is 11.5 Å². The first-order valence-electron chi connectivity index (χ1n) is 5.03. The van der Waals surface area contributed by atoms with E-state index in [0.717, 1.165) is 5.56 Å². The number of rotatable bonds is 4. The lowest BCUT2D eigenvalue weighted by atomic mass is 10.2. The average Bonchev–Trinajstić information content (AvgIpc) is 2.73. The van der Waals surface area contributed by atoms with Gasteiger partial charge in [-0.2, -0.15) is 0 Å². The van der Waals surface area contributed by atoms with Crippen LogP contribution < -0.4 is 14.8 Å². The first-order valence-corrected chi connectivity index (χ1v) is 5.03. The predicted octanol–water partition coefficient (Wildman–Crippen LogP) is 0.506. The number of hydrogen-bond acceptors (Lipinski definition) is 4. The summed E-state index contributed by atoms with van der Waals surface area (Å²) >= 11 is 0. The highest BCUT2D eigenvalue weighted by atomic mass is 16.7. The average molecular weight is 237 g/mol. The number of ether oxygens (including phenoxy) is 2. The lowest BCUT2D eigenvalue weighted by Gasteiger charge is -2.06. The van der Waals surface area contributed by atoms with Crippen molar-refractivity contribution in [3.63, 3.8) is 0 Å². The van der Waals surface area contributed by atoms with Gasteiger partial charge in [0.25, 0.3) is 0 Å². The van der Waals surface area contributed by atoms with Gasteiger partial charge < -0.3 is 19.9 Å². The van der Waals surface area contributed by atoms with Crippen LogP contribution in [0.5, 0.6) is 11.5 Å². The zero-order chi connectivity index (χ0) is 12.3. The number of hydrogen-bond donors (Lipinski definition) is 2. The lowest BCUT2D eigenvalue weighted by molar-refractivity contribution is -0.140. The van der Waals surface area contributed by atoms with E-state index < -0.39 is 18.3 Å². The van der Waals surface area contributed by atoms with Crippen LogP contribution >= 0.6 is 0 Å². The molecule has 90 valence electrons. The Morgan fingerprint density at radius 2 is 2.18 bits per heavy atom. The molecular formula is C11H11NO5. The summed E-state index contributed by atoms with van der Waals surface area (Å²) in [4.78, 5) is 21.5. The van der Waals surface area contributed by atoms with Crippen LogP contribution in [0.3, 0.4) is 0 Å². The molecule has 6 nitrogen and oxygen atoms in total. The van der Waals surface area contributed by atoms with Crippen molar-refractivity contribution in [2.75, 3.05) is 6.79 Å². The van der Waals surface area contributed by atoms with Crippen molar-refractivity contribution in [1.82, 2.24) is 5.32 Å². The van der Waals surface area contributed by atoms with Crippen molar-refractivity contribution < 1.29 is 24.2 Å². The molecule has 2 rings (SSSR count). The highest BCUT2D eigenvalue weighted by Gasteiger charge is 2.17. The fourth-order valence-electron chi connectivity index (χ4n) is 1.52. The van der Waals surface area contributed by atoms with Crippen molar-refractivity contribution in [3.8, 4) is 11.5 Å². The standard InChI is InChI=1S/C11H11NO5/c13-9(4-10(14)15)12-5-7-2-1-3-8-11(7)17-6-16-8/h1-3H,4-6H2,(H,12,13)(H,14,15). The number of carboxylic acids is 1. The quantitative estimate of drug-likeness (QED) is 0.745. The Morgan fingerprint density at radius 3 is 2.94 bits per heavy atom. The highest BCUT2D eigenvalue weighted by molar-refractivity contribution is 5.93. The summed E-state index contributed by atoms with van der Waals surface area (Å²) in [6.45, 7) is 0.383. The normalized spacial score (nSPS) is 12.2. The van der Waals surface area contributed by atoms with Gasteiger partial charge in [-0.05, 0) is 6.07 Å². The van der Waals surface area contributed by atoms with Crippen LogP contribution in [0.2, 0.25) is 0 Å². The third-order valence-corrected chi connectivity index (χ3v) is 2.27. The molecule has 1 heterocycles. The summed E-state index contributed by atoms with van der Waals surface area (Å²) in [6.07, 6.45) is -0.535. The van der Waals surface area contributed by atoms with Crippen LogP contribution in [0.4, 0.5) is 0 Å². The maximum atomic E-state index is 11.2. The van der Waals surface area contributed by atoms with Crippen molar-refractivity contribution in [2.24, 2.45) is 0 Å². The van der Waals surface area contributed by atoms with Gasteiger partial charge in [0, 0.05) is 12.1 Å². The Morgan fingerprint density at radius 1 is 1.35 bits per heavy atom. The summed E-state index contributed by atoms with van der Waals surface area (Å²) < 4.78 is 10.4. The number of carbonyl (C=O) groups excluding carboxylic acids is 1. The second kappa shape index (κ2) is 4.73. The van der Waals surface area contributed by atoms with Crippen molar-refractivity contribution in [1.29, 1.82) is 0 Å². The monoisotopic (exact) mass is 237 g/mol. The third-order valence-electron chi connectivity index (χ3n) is 2.27. The van der Waals surface area contributed by atoms with Gasteiger partial charge in [-0.1, -0.05) is 12.1 Å². The van der Waals surface area contributed by atoms with E-state index in [4.69, 9.17) is 14.6 Å². The molecule has 0 fully saturated rings. The van der Waals surface area contributed by atoms with Crippen LogP contribution in [0.1, 0.15) is 12.0 Å². The molecule has 0 atom stereocenters. The van der Waals surface area contributed by atoms with Crippen LogP contribution in [0, 0.1) is 0 Å². The van der Waals surface area contributed by atoms with Gasteiger partial charge in [0.2, 0.25) is 12.7 Å². The Labute approximate surface area is 97.1 Å². The van der Waals surface area contributed by atoms with Crippen LogP contribution in [-0.2, 0) is 16.1 Å². The molecule has 1 aromatic rings. The largest absolute Gasteiger partial charge is 0.481 e. The van der Waals surface area contributed by atoms with E-state index in [1.165, 1.54) is 0 Å². The molecule has 0 aliphatic carbocycles. The molecule has 0 aromatic heterocycles. The molecule has 17 heavy (non-hydrogen) atoms. The highest BCUT2D eigenvalue weighted by Crippen LogP contribution is 2.35.